The molecule has 3 rings (SSSR count). The van der Waals surface area contributed by atoms with Crippen LogP contribution >= 0.6 is 0 Å². The summed E-state index contributed by atoms with van der Waals surface area (Å²) in [5, 5.41) is 7.59. The molecule has 0 saturated carbocycles. The number of likely N-dealkylation sites (N-methyl/N-ethyl adjacent to an activating group) is 1. The molecule has 0 aromatic carbocycles. The molecule has 2 atom stereocenters. The zero-order chi connectivity index (χ0) is 17.3. The average Bonchev–Trinajstić information content (AvgIpc) is 2.53. The lowest BCUT2D eigenvalue weighted by Crippen LogP contribution is -2.50. The fourth-order valence-corrected chi connectivity index (χ4v) is 3.40. The number of aryl methyl sites for hydroxylation is 2. The Morgan fingerprint density at radius 3 is 2.75 bits per heavy atom. The summed E-state index contributed by atoms with van der Waals surface area (Å²) in [5.41, 5.74) is 2.80. The number of nitrogens with zero attached hydrogens (tertiary/aromatic N) is 4. The van der Waals surface area contributed by atoms with Gasteiger partial charge in [0.15, 0.2) is 5.65 Å². The molecule has 3 heterocycles. The molecule has 2 aromatic rings. The Bertz CT molecular complexity index is 735. The number of piperidine rings is 1. The summed E-state index contributed by atoms with van der Waals surface area (Å²) < 4.78 is 5.63. The third kappa shape index (κ3) is 3.27. The van der Waals surface area contributed by atoms with Crippen molar-refractivity contribution in [2.24, 2.45) is 0 Å². The van der Waals surface area contributed by atoms with E-state index in [1.807, 2.05) is 14.0 Å². The topological polar surface area (TPSA) is 75.2 Å². The maximum absolute atomic E-state index is 5.63. The number of fused-ring (bicyclic) bond motifs is 1. The summed E-state index contributed by atoms with van der Waals surface area (Å²) >= 11 is 0. The van der Waals surface area contributed by atoms with Gasteiger partial charge in [0, 0.05) is 32.9 Å². The van der Waals surface area contributed by atoms with E-state index in [4.69, 9.17) is 4.74 Å². The lowest BCUT2D eigenvalue weighted by Gasteiger charge is -2.36. The van der Waals surface area contributed by atoms with E-state index in [-0.39, 0.29) is 12.1 Å². The van der Waals surface area contributed by atoms with E-state index in [1.54, 1.807) is 7.11 Å². The van der Waals surface area contributed by atoms with Crippen LogP contribution in [0.2, 0.25) is 0 Å². The molecule has 1 aliphatic rings. The predicted molar refractivity (Wildman–Crippen MR) is 96.7 cm³/mol. The summed E-state index contributed by atoms with van der Waals surface area (Å²) in [4.78, 5) is 16.2. The first-order valence-corrected chi connectivity index (χ1v) is 8.33. The Hall–Kier alpha value is -1.99. The monoisotopic (exact) mass is 330 g/mol. The predicted octanol–water partition coefficient (Wildman–Crippen LogP) is 1.81. The van der Waals surface area contributed by atoms with Crippen molar-refractivity contribution in [2.45, 2.75) is 32.4 Å². The van der Waals surface area contributed by atoms with Gasteiger partial charge in [-0.2, -0.15) is 9.97 Å². The lowest BCUT2D eigenvalue weighted by molar-refractivity contribution is 0.0376. The number of anilines is 2. The number of ether oxygens (including phenoxy) is 1. The minimum atomic E-state index is 0.154. The first-order valence-electron chi connectivity index (χ1n) is 8.33. The molecule has 0 spiro atoms. The van der Waals surface area contributed by atoms with E-state index in [0.29, 0.717) is 11.6 Å². The van der Waals surface area contributed by atoms with Gasteiger partial charge in [0.25, 0.3) is 0 Å². The molecule has 1 aliphatic heterocycles. The smallest absolute Gasteiger partial charge is 0.227 e. The van der Waals surface area contributed by atoms with Gasteiger partial charge in [-0.05, 0) is 38.9 Å². The molecule has 0 bridgehead atoms. The molecule has 2 aromatic heterocycles. The van der Waals surface area contributed by atoms with Gasteiger partial charge in [0.2, 0.25) is 5.95 Å². The molecule has 7 nitrogen and oxygen atoms in total. The molecule has 0 unspecified atom stereocenters. The quantitative estimate of drug-likeness (QED) is 0.885. The first-order chi connectivity index (χ1) is 11.5. The highest BCUT2D eigenvalue weighted by Crippen LogP contribution is 2.25. The number of hydrogen-bond donors (Lipinski definition) is 2. The summed E-state index contributed by atoms with van der Waals surface area (Å²) in [6.45, 7) is 5.98. The fourth-order valence-electron chi connectivity index (χ4n) is 3.40. The summed E-state index contributed by atoms with van der Waals surface area (Å²) in [7, 11) is 5.76. The first kappa shape index (κ1) is 16.9. The zero-order valence-electron chi connectivity index (χ0n) is 15.1. The normalized spacial score (nSPS) is 21.9. The number of nitrogens with one attached hydrogen (secondary N) is 2. The van der Waals surface area contributed by atoms with Crippen LogP contribution in [0.3, 0.4) is 0 Å². The van der Waals surface area contributed by atoms with Crippen molar-refractivity contribution in [3.8, 4) is 0 Å². The third-order valence-corrected chi connectivity index (χ3v) is 4.60. The summed E-state index contributed by atoms with van der Waals surface area (Å²) in [5.74, 6) is 1.39. The van der Waals surface area contributed by atoms with Gasteiger partial charge in [0.1, 0.15) is 5.82 Å². The Balaban J connectivity index is 1.97. The number of rotatable bonds is 4. The van der Waals surface area contributed by atoms with Crippen LogP contribution < -0.4 is 10.6 Å². The zero-order valence-corrected chi connectivity index (χ0v) is 15.1. The average molecular weight is 330 g/mol. The second-order valence-corrected chi connectivity index (χ2v) is 6.50. The number of hydrogen-bond acceptors (Lipinski definition) is 7. The van der Waals surface area contributed by atoms with Crippen LogP contribution in [0.25, 0.3) is 11.0 Å². The standard InChI is InChI=1S/C17H26N6O/c1-10-8-11(2)19-16-14(10)15(18-3)21-17(22-16)20-12-9-23(4)7-6-13(12)24-5/h8,12-13H,6-7,9H2,1-5H3,(H2,18,19,20,21,22)/t12-,13+/m0/s1. The van der Waals surface area contributed by atoms with E-state index in [0.717, 1.165) is 42.0 Å². The molecule has 0 amide bonds. The molecule has 24 heavy (non-hydrogen) atoms. The highest BCUT2D eigenvalue weighted by Gasteiger charge is 2.28. The minimum absolute atomic E-state index is 0.154. The highest BCUT2D eigenvalue weighted by molar-refractivity contribution is 5.90. The molecule has 0 aliphatic carbocycles. The van der Waals surface area contributed by atoms with E-state index in [2.05, 4.69) is 50.5 Å². The van der Waals surface area contributed by atoms with Crippen molar-refractivity contribution >= 4 is 22.8 Å². The lowest BCUT2D eigenvalue weighted by atomic mass is 10.0. The molecule has 1 fully saturated rings. The highest BCUT2D eigenvalue weighted by atomic mass is 16.5. The second kappa shape index (κ2) is 6.86. The van der Waals surface area contributed by atoms with Crippen LogP contribution in [0, 0.1) is 13.8 Å². The summed E-state index contributed by atoms with van der Waals surface area (Å²) in [6, 6.07) is 2.21. The van der Waals surface area contributed by atoms with Gasteiger partial charge in [-0.3, -0.25) is 0 Å². The minimum Gasteiger partial charge on any atom is -0.379 e. The Morgan fingerprint density at radius 1 is 1.25 bits per heavy atom. The third-order valence-electron chi connectivity index (χ3n) is 4.60. The van der Waals surface area contributed by atoms with Gasteiger partial charge in [0.05, 0.1) is 17.5 Å². The largest absolute Gasteiger partial charge is 0.379 e. The van der Waals surface area contributed by atoms with Crippen molar-refractivity contribution in [2.75, 3.05) is 44.9 Å². The van der Waals surface area contributed by atoms with Crippen LogP contribution in [0.4, 0.5) is 11.8 Å². The Kier molecular flexibility index (Phi) is 4.82. The molecular weight excluding hydrogens is 304 g/mol. The van der Waals surface area contributed by atoms with Gasteiger partial charge in [-0.15, -0.1) is 0 Å². The van der Waals surface area contributed by atoms with Crippen LogP contribution in [0.1, 0.15) is 17.7 Å². The van der Waals surface area contributed by atoms with Crippen LogP contribution in [0.5, 0.6) is 0 Å². The molecular formula is C17H26N6O. The van der Waals surface area contributed by atoms with Crippen LogP contribution in [0.15, 0.2) is 6.07 Å². The maximum atomic E-state index is 5.63. The van der Waals surface area contributed by atoms with Crippen molar-refractivity contribution in [3.05, 3.63) is 17.3 Å². The van der Waals surface area contributed by atoms with Gasteiger partial charge >= 0.3 is 0 Å². The van der Waals surface area contributed by atoms with Crippen LogP contribution in [-0.2, 0) is 4.74 Å². The fraction of sp³-hybridized carbons (Fsp3) is 0.588. The number of likely N-dealkylation sites (tertiary alicyclic amines) is 1. The van der Waals surface area contributed by atoms with Crippen molar-refractivity contribution in [3.63, 3.8) is 0 Å². The van der Waals surface area contributed by atoms with Crippen LogP contribution in [-0.4, -0.2) is 66.3 Å². The van der Waals surface area contributed by atoms with E-state index in [9.17, 15) is 0 Å². The molecule has 0 radical (unpaired) electrons. The van der Waals surface area contributed by atoms with Crippen molar-refractivity contribution in [1.82, 2.24) is 19.9 Å². The number of pyridine rings is 1. The van der Waals surface area contributed by atoms with E-state index < -0.39 is 0 Å². The Labute approximate surface area is 142 Å². The SMILES string of the molecule is CNc1nc(N[C@H]2CN(C)CC[C@H]2OC)nc2nc(C)cc(C)c12. The second-order valence-electron chi connectivity index (χ2n) is 6.50. The van der Waals surface area contributed by atoms with E-state index in [1.165, 1.54) is 0 Å². The molecule has 2 N–H and O–H groups in total. The molecule has 130 valence electrons. The van der Waals surface area contributed by atoms with Gasteiger partial charge in [-0.1, -0.05) is 0 Å². The Morgan fingerprint density at radius 2 is 2.04 bits per heavy atom. The van der Waals surface area contributed by atoms with E-state index >= 15 is 0 Å². The summed E-state index contributed by atoms with van der Waals surface area (Å²) in [6.07, 6.45) is 1.15. The van der Waals surface area contributed by atoms with Gasteiger partial charge < -0.3 is 20.3 Å². The van der Waals surface area contributed by atoms with Gasteiger partial charge in [-0.25, -0.2) is 4.98 Å². The number of aromatic nitrogens is 3. The number of methoxy groups -OCH3 is 1. The van der Waals surface area contributed by atoms with Crippen molar-refractivity contribution in [1.29, 1.82) is 0 Å². The maximum Gasteiger partial charge on any atom is 0.227 e. The molecule has 7 heteroatoms. The van der Waals surface area contributed by atoms with Crippen molar-refractivity contribution < 1.29 is 4.74 Å². The molecule has 1 saturated heterocycles.